The van der Waals surface area contributed by atoms with Gasteiger partial charge in [-0.2, -0.15) is 0 Å². The molecule has 0 atom stereocenters. The van der Waals surface area contributed by atoms with E-state index in [1.165, 1.54) is 0 Å². The smallest absolute Gasteiger partial charge is 1.00 e. The van der Waals surface area contributed by atoms with Crippen LogP contribution in [0.4, 0.5) is 0 Å². The molecule has 5 heavy (non-hydrogen) atoms. The average Bonchev–Trinajstić information content (AvgIpc) is 1.00. The van der Waals surface area contributed by atoms with Gasteiger partial charge in [-0.25, -0.2) is 0 Å². The van der Waals surface area contributed by atoms with Crippen LogP contribution < -0.4 is 24.8 Å². The fraction of sp³-hybridized carbons (Fsp3) is 1.00. The van der Waals surface area contributed by atoms with Crippen LogP contribution >= 0.6 is 0 Å². The van der Waals surface area contributed by atoms with Crippen molar-refractivity contribution in [2.75, 3.05) is 7.11 Å². The molecule has 32 valence electrons. The first-order valence-electron chi connectivity index (χ1n) is 0.447. The normalized spacial score (nSPS) is 1.20. The van der Waals surface area contributed by atoms with Crippen molar-refractivity contribution in [1.29, 1.82) is 0 Å². The summed E-state index contributed by atoms with van der Waals surface area (Å²) < 4.78 is 0. The molecule has 2 radical (unpaired) electrons. The Morgan fingerprint density at radius 1 is 1.00 bits per heavy atom. The Morgan fingerprint density at radius 2 is 1.00 bits per heavy atom. The van der Waals surface area contributed by atoms with Crippen LogP contribution in [0.15, 0.2) is 0 Å². The van der Waals surface area contributed by atoms with Crippen LogP contribution in [0.3, 0.4) is 0 Å². The van der Waals surface area contributed by atoms with Gasteiger partial charge in [0.05, 0.1) is 0 Å². The zero-order valence-corrected chi connectivity index (χ0v) is 7.07. The zero-order chi connectivity index (χ0) is 2.00. The average molecular weight is 222 g/mol. The van der Waals surface area contributed by atoms with E-state index in [0.29, 0.717) is 0 Å². The summed E-state index contributed by atoms with van der Waals surface area (Å²) in [5.41, 5.74) is 0. The minimum absolute atomic E-state index is 0. The molecular formula is CH4Cl2OSn. The van der Waals surface area contributed by atoms with E-state index in [2.05, 4.69) is 0 Å². The zero-order valence-electron chi connectivity index (χ0n) is 2.70. The molecule has 0 aromatic carbocycles. The van der Waals surface area contributed by atoms with Gasteiger partial charge < -0.3 is 29.9 Å². The van der Waals surface area contributed by atoms with Gasteiger partial charge in [0.1, 0.15) is 0 Å². The van der Waals surface area contributed by atoms with E-state index in [4.69, 9.17) is 5.11 Å². The summed E-state index contributed by atoms with van der Waals surface area (Å²) in [5, 5.41) is 7.00. The molecule has 0 unspecified atom stereocenters. The van der Waals surface area contributed by atoms with Gasteiger partial charge in [0.2, 0.25) is 0 Å². The minimum atomic E-state index is 0. The van der Waals surface area contributed by atoms with Crippen molar-refractivity contribution in [2.45, 2.75) is 0 Å². The van der Waals surface area contributed by atoms with Crippen molar-refractivity contribution in [3.8, 4) is 0 Å². The summed E-state index contributed by atoms with van der Waals surface area (Å²) in [6, 6.07) is 0. The number of hydrogen-bond donors (Lipinski definition) is 1. The molecule has 0 fully saturated rings. The molecule has 0 heterocycles. The largest absolute Gasteiger partial charge is 2.00 e. The van der Waals surface area contributed by atoms with E-state index in [0.717, 1.165) is 7.11 Å². The summed E-state index contributed by atoms with van der Waals surface area (Å²) in [5.74, 6) is 0. The maximum atomic E-state index is 7.00. The number of aliphatic hydroxyl groups is 1. The van der Waals surface area contributed by atoms with Crippen LogP contribution in [0.2, 0.25) is 0 Å². The molecule has 0 aliphatic heterocycles. The molecule has 0 spiro atoms. The van der Waals surface area contributed by atoms with Crippen molar-refractivity contribution in [3.05, 3.63) is 0 Å². The second-order valence-electron chi connectivity index (χ2n) is 0. The SMILES string of the molecule is CO.[Cl-].[Cl-].[Sn+2]. The fourth-order valence-corrected chi connectivity index (χ4v) is 0. The summed E-state index contributed by atoms with van der Waals surface area (Å²) in [6.45, 7) is 0. The third-order valence-electron chi connectivity index (χ3n) is 0. The van der Waals surface area contributed by atoms with Gasteiger partial charge in [0.15, 0.2) is 0 Å². The molecule has 0 amide bonds. The van der Waals surface area contributed by atoms with Gasteiger partial charge >= 0.3 is 23.9 Å². The second kappa shape index (κ2) is 56.1. The molecule has 0 aromatic rings. The van der Waals surface area contributed by atoms with Crippen LogP contribution in [0, 0.1) is 0 Å². The van der Waals surface area contributed by atoms with E-state index >= 15 is 0 Å². The summed E-state index contributed by atoms with van der Waals surface area (Å²) in [4.78, 5) is 0. The number of halogens is 2. The Bertz CT molecular complexity index is 9.61. The number of aliphatic hydroxyl groups excluding tert-OH is 1. The Morgan fingerprint density at radius 3 is 1.00 bits per heavy atom. The van der Waals surface area contributed by atoms with Crippen molar-refractivity contribution in [2.24, 2.45) is 0 Å². The second-order valence-corrected chi connectivity index (χ2v) is 0. The van der Waals surface area contributed by atoms with Crippen LogP contribution in [0.25, 0.3) is 0 Å². The van der Waals surface area contributed by atoms with Gasteiger partial charge in [-0.05, 0) is 0 Å². The van der Waals surface area contributed by atoms with Crippen LogP contribution in [0.1, 0.15) is 0 Å². The maximum Gasteiger partial charge on any atom is 2.00 e. The van der Waals surface area contributed by atoms with E-state index in [9.17, 15) is 0 Å². The first-order valence-corrected chi connectivity index (χ1v) is 0.447. The fourth-order valence-electron chi connectivity index (χ4n) is 0. The standard InChI is InChI=1S/CH4O.2ClH.Sn/c1-2;;;/h2H,1H3;2*1H;/q;;;+2/p-2. The van der Waals surface area contributed by atoms with Crippen molar-refractivity contribution < 1.29 is 29.9 Å². The van der Waals surface area contributed by atoms with E-state index < -0.39 is 0 Å². The van der Waals surface area contributed by atoms with Gasteiger partial charge in [0, 0.05) is 7.11 Å². The molecule has 0 aliphatic rings. The van der Waals surface area contributed by atoms with Gasteiger partial charge in [-0.3, -0.25) is 0 Å². The number of hydrogen-bond acceptors (Lipinski definition) is 1. The van der Waals surface area contributed by atoms with Crippen molar-refractivity contribution in [3.63, 3.8) is 0 Å². The Hall–Kier alpha value is 1.34. The molecule has 0 rings (SSSR count). The van der Waals surface area contributed by atoms with Crippen LogP contribution in [-0.4, -0.2) is 36.1 Å². The molecule has 0 saturated carbocycles. The molecule has 0 aromatic heterocycles. The predicted octanol–water partition coefficient (Wildman–Crippen LogP) is -6.76. The molecule has 0 bridgehead atoms. The third kappa shape index (κ3) is 33.2. The molecule has 0 saturated heterocycles. The first-order chi connectivity index (χ1) is 1.00. The molecular weight excluding hydrogens is 218 g/mol. The predicted molar refractivity (Wildman–Crippen MR) is 13.9 cm³/mol. The third-order valence-corrected chi connectivity index (χ3v) is 0. The van der Waals surface area contributed by atoms with Crippen molar-refractivity contribution >= 4 is 23.9 Å². The topological polar surface area (TPSA) is 20.2 Å². The minimum Gasteiger partial charge on any atom is -1.00 e. The van der Waals surface area contributed by atoms with E-state index in [1.807, 2.05) is 0 Å². The summed E-state index contributed by atoms with van der Waals surface area (Å²) in [6.07, 6.45) is 0. The molecule has 4 heteroatoms. The summed E-state index contributed by atoms with van der Waals surface area (Å²) in [7, 11) is 1.00. The monoisotopic (exact) mass is 222 g/mol. The van der Waals surface area contributed by atoms with Gasteiger partial charge in [-0.15, -0.1) is 0 Å². The van der Waals surface area contributed by atoms with Crippen LogP contribution in [0.5, 0.6) is 0 Å². The molecule has 1 nitrogen and oxygen atoms in total. The van der Waals surface area contributed by atoms with Crippen molar-refractivity contribution in [1.82, 2.24) is 0 Å². The summed E-state index contributed by atoms with van der Waals surface area (Å²) >= 11 is 0. The molecule has 1 N–H and O–H groups in total. The first kappa shape index (κ1) is 33.0. The quantitative estimate of drug-likeness (QED) is 0.404. The Labute approximate surface area is 60.9 Å². The Kier molecular flexibility index (Phi) is 370. The van der Waals surface area contributed by atoms with E-state index in [-0.39, 0.29) is 48.7 Å². The van der Waals surface area contributed by atoms with Gasteiger partial charge in [-0.1, -0.05) is 0 Å². The van der Waals surface area contributed by atoms with E-state index in [1.54, 1.807) is 0 Å². The Balaban J connectivity index is -0.00000000167. The van der Waals surface area contributed by atoms with Crippen LogP contribution in [-0.2, 0) is 0 Å². The number of rotatable bonds is 0. The molecule has 0 aliphatic carbocycles. The van der Waals surface area contributed by atoms with Gasteiger partial charge in [0.25, 0.3) is 0 Å². The maximum absolute atomic E-state index is 7.00.